The second-order valence-corrected chi connectivity index (χ2v) is 5.37. The van der Waals surface area contributed by atoms with Gasteiger partial charge in [-0.2, -0.15) is 0 Å². The van der Waals surface area contributed by atoms with Crippen molar-refractivity contribution in [2.24, 2.45) is 5.92 Å². The summed E-state index contributed by atoms with van der Waals surface area (Å²) in [6.45, 7) is 1.15. The van der Waals surface area contributed by atoms with Crippen molar-refractivity contribution in [1.82, 2.24) is 4.98 Å². The Morgan fingerprint density at radius 1 is 1.12 bits per heavy atom. The maximum Gasteiger partial charge on any atom is 0.131 e. The third-order valence-corrected chi connectivity index (χ3v) is 4.29. The lowest BCUT2D eigenvalue weighted by molar-refractivity contribution is 0.429. The predicted octanol–water partition coefficient (Wildman–Crippen LogP) is 2.82. The highest BCUT2D eigenvalue weighted by molar-refractivity contribution is 5.46. The lowest BCUT2D eigenvalue weighted by atomic mass is 9.96. The van der Waals surface area contributed by atoms with E-state index in [1.165, 1.54) is 38.5 Å². The molecule has 0 aromatic carbocycles. The zero-order valence-electron chi connectivity index (χ0n) is 10.3. The molecule has 0 spiro atoms. The molecule has 1 aliphatic carbocycles. The van der Waals surface area contributed by atoms with Crippen LogP contribution in [0.1, 0.15) is 38.5 Å². The molecule has 0 bridgehead atoms. The lowest BCUT2D eigenvalue weighted by Crippen LogP contribution is -2.35. The van der Waals surface area contributed by atoms with Crippen LogP contribution in [0.5, 0.6) is 0 Å². The van der Waals surface area contributed by atoms with Gasteiger partial charge in [0, 0.05) is 12.6 Å². The fourth-order valence-corrected chi connectivity index (χ4v) is 3.51. The lowest BCUT2D eigenvalue weighted by Gasteiger charge is -2.30. The molecule has 1 atom stereocenters. The first kappa shape index (κ1) is 10.9. The first-order valence-corrected chi connectivity index (χ1v) is 6.84. The monoisotopic (exact) mass is 231 g/mol. The van der Waals surface area contributed by atoms with E-state index in [4.69, 9.17) is 5.73 Å². The number of nitrogens with two attached hydrogens (primary N) is 1. The maximum absolute atomic E-state index is 5.79. The molecule has 3 rings (SSSR count). The molecule has 2 heterocycles. The van der Waals surface area contributed by atoms with Gasteiger partial charge in [-0.3, -0.25) is 0 Å². The number of nitrogens with zero attached hydrogens (tertiary/aromatic N) is 2. The van der Waals surface area contributed by atoms with Crippen LogP contribution in [-0.2, 0) is 0 Å². The fourth-order valence-electron chi connectivity index (χ4n) is 3.51. The van der Waals surface area contributed by atoms with E-state index in [1.807, 2.05) is 12.1 Å². The minimum absolute atomic E-state index is 0.638. The third kappa shape index (κ3) is 2.11. The molecule has 92 valence electrons. The summed E-state index contributed by atoms with van der Waals surface area (Å²) >= 11 is 0. The molecule has 3 nitrogen and oxygen atoms in total. The molecule has 1 aromatic heterocycles. The zero-order valence-corrected chi connectivity index (χ0v) is 10.3. The van der Waals surface area contributed by atoms with Crippen molar-refractivity contribution in [3.63, 3.8) is 0 Å². The SMILES string of the molecule is Nc1cccc(N2CCCC2C2CCCC2)n1. The molecule has 1 unspecified atom stereocenters. The van der Waals surface area contributed by atoms with Crippen molar-refractivity contribution < 1.29 is 0 Å². The smallest absolute Gasteiger partial charge is 0.131 e. The van der Waals surface area contributed by atoms with Gasteiger partial charge in [-0.1, -0.05) is 18.9 Å². The van der Waals surface area contributed by atoms with E-state index in [0.29, 0.717) is 11.9 Å². The molecule has 1 aromatic rings. The summed E-state index contributed by atoms with van der Waals surface area (Å²) in [6.07, 6.45) is 8.28. The summed E-state index contributed by atoms with van der Waals surface area (Å²) in [5.74, 6) is 2.61. The van der Waals surface area contributed by atoms with Gasteiger partial charge >= 0.3 is 0 Å². The van der Waals surface area contributed by atoms with Gasteiger partial charge in [-0.15, -0.1) is 0 Å². The molecule has 0 radical (unpaired) electrons. The highest BCUT2D eigenvalue weighted by Gasteiger charge is 2.33. The van der Waals surface area contributed by atoms with E-state index in [2.05, 4.69) is 16.0 Å². The largest absolute Gasteiger partial charge is 0.384 e. The summed E-state index contributed by atoms with van der Waals surface area (Å²) in [6, 6.07) is 6.70. The van der Waals surface area contributed by atoms with Crippen molar-refractivity contribution in [3.05, 3.63) is 18.2 Å². The number of pyridine rings is 1. The molecule has 3 heteroatoms. The Labute approximate surface area is 103 Å². The molecule has 2 aliphatic rings. The molecular weight excluding hydrogens is 210 g/mol. The number of rotatable bonds is 2. The number of hydrogen-bond acceptors (Lipinski definition) is 3. The maximum atomic E-state index is 5.79. The van der Waals surface area contributed by atoms with E-state index in [1.54, 1.807) is 0 Å². The van der Waals surface area contributed by atoms with Gasteiger partial charge < -0.3 is 10.6 Å². The van der Waals surface area contributed by atoms with E-state index < -0.39 is 0 Å². The van der Waals surface area contributed by atoms with Crippen LogP contribution in [-0.4, -0.2) is 17.6 Å². The van der Waals surface area contributed by atoms with E-state index >= 15 is 0 Å². The van der Waals surface area contributed by atoms with Crippen molar-refractivity contribution >= 4 is 11.6 Å². The van der Waals surface area contributed by atoms with Crippen LogP contribution in [0.25, 0.3) is 0 Å². The molecule has 0 amide bonds. The van der Waals surface area contributed by atoms with Crippen molar-refractivity contribution in [3.8, 4) is 0 Å². The summed E-state index contributed by atoms with van der Waals surface area (Å²) in [5, 5.41) is 0. The normalized spacial score (nSPS) is 25.6. The quantitative estimate of drug-likeness (QED) is 0.851. The van der Waals surface area contributed by atoms with Gasteiger partial charge in [-0.05, 0) is 43.7 Å². The van der Waals surface area contributed by atoms with Crippen molar-refractivity contribution in [2.75, 3.05) is 17.2 Å². The van der Waals surface area contributed by atoms with Gasteiger partial charge in [0.05, 0.1) is 0 Å². The van der Waals surface area contributed by atoms with Crippen LogP contribution in [0.4, 0.5) is 11.6 Å². The fraction of sp³-hybridized carbons (Fsp3) is 0.643. The van der Waals surface area contributed by atoms with Gasteiger partial charge in [-0.25, -0.2) is 4.98 Å². The molecule has 2 fully saturated rings. The summed E-state index contributed by atoms with van der Waals surface area (Å²) in [7, 11) is 0. The Morgan fingerprint density at radius 2 is 1.94 bits per heavy atom. The van der Waals surface area contributed by atoms with E-state index in [-0.39, 0.29) is 0 Å². The van der Waals surface area contributed by atoms with Crippen LogP contribution in [0.2, 0.25) is 0 Å². The summed E-state index contributed by atoms with van der Waals surface area (Å²) in [4.78, 5) is 6.97. The van der Waals surface area contributed by atoms with E-state index in [9.17, 15) is 0 Å². The second kappa shape index (κ2) is 4.55. The zero-order chi connectivity index (χ0) is 11.7. The van der Waals surface area contributed by atoms with Crippen molar-refractivity contribution in [2.45, 2.75) is 44.6 Å². The van der Waals surface area contributed by atoms with Crippen LogP contribution in [0.15, 0.2) is 18.2 Å². The number of aromatic nitrogens is 1. The molecule has 17 heavy (non-hydrogen) atoms. The van der Waals surface area contributed by atoms with Crippen LogP contribution in [0, 0.1) is 5.92 Å². The second-order valence-electron chi connectivity index (χ2n) is 5.37. The molecule has 1 saturated heterocycles. The third-order valence-electron chi connectivity index (χ3n) is 4.29. The minimum atomic E-state index is 0.638. The van der Waals surface area contributed by atoms with Crippen LogP contribution >= 0.6 is 0 Å². The standard InChI is InChI=1S/C14H21N3/c15-13-8-3-9-14(16-13)17-10-4-7-12(17)11-5-1-2-6-11/h3,8-9,11-12H,1-2,4-7,10H2,(H2,15,16). The van der Waals surface area contributed by atoms with E-state index in [0.717, 1.165) is 18.3 Å². The number of hydrogen-bond donors (Lipinski definition) is 1. The van der Waals surface area contributed by atoms with Gasteiger partial charge in [0.15, 0.2) is 0 Å². The average Bonchev–Trinajstić information content (AvgIpc) is 3.00. The topological polar surface area (TPSA) is 42.1 Å². The van der Waals surface area contributed by atoms with Crippen LogP contribution < -0.4 is 10.6 Å². The van der Waals surface area contributed by atoms with Crippen LogP contribution in [0.3, 0.4) is 0 Å². The first-order valence-electron chi connectivity index (χ1n) is 6.84. The molecule has 2 N–H and O–H groups in total. The minimum Gasteiger partial charge on any atom is -0.384 e. The Hall–Kier alpha value is -1.25. The molecular formula is C14H21N3. The number of nitrogen functional groups attached to an aromatic ring is 1. The average molecular weight is 231 g/mol. The van der Waals surface area contributed by atoms with Gasteiger partial charge in [0.25, 0.3) is 0 Å². The highest BCUT2D eigenvalue weighted by atomic mass is 15.2. The van der Waals surface area contributed by atoms with Crippen molar-refractivity contribution in [1.29, 1.82) is 0 Å². The molecule has 1 aliphatic heterocycles. The molecule has 1 saturated carbocycles. The Balaban J connectivity index is 1.81. The Bertz CT molecular complexity index is 385. The number of anilines is 2. The highest BCUT2D eigenvalue weighted by Crippen LogP contribution is 2.37. The summed E-state index contributed by atoms with van der Waals surface area (Å²) in [5.41, 5.74) is 5.79. The Kier molecular flexibility index (Phi) is 2.91. The summed E-state index contributed by atoms with van der Waals surface area (Å²) < 4.78 is 0. The van der Waals surface area contributed by atoms with Gasteiger partial charge in [0.1, 0.15) is 11.6 Å². The predicted molar refractivity (Wildman–Crippen MR) is 71.0 cm³/mol. The Morgan fingerprint density at radius 3 is 2.71 bits per heavy atom. The van der Waals surface area contributed by atoms with Gasteiger partial charge in [0.2, 0.25) is 0 Å². The first-order chi connectivity index (χ1) is 8.34.